The van der Waals surface area contributed by atoms with Crippen LogP contribution in [0, 0.1) is 11.8 Å². The summed E-state index contributed by atoms with van der Waals surface area (Å²) in [6.07, 6.45) is 1.24. The molecule has 0 spiro atoms. The van der Waals surface area contributed by atoms with Crippen molar-refractivity contribution in [1.82, 2.24) is 5.32 Å². The van der Waals surface area contributed by atoms with Gasteiger partial charge in [-0.25, -0.2) is 0 Å². The molecule has 70 valence electrons. The van der Waals surface area contributed by atoms with E-state index in [0.29, 0.717) is 17.2 Å². The van der Waals surface area contributed by atoms with Gasteiger partial charge in [-0.05, 0) is 24.0 Å². The molecule has 0 aromatic carbocycles. The third kappa shape index (κ3) is 2.41. The van der Waals surface area contributed by atoms with Crippen LogP contribution in [-0.2, 0) is 4.79 Å². The van der Waals surface area contributed by atoms with Gasteiger partial charge in [0, 0.05) is 6.92 Å². The van der Waals surface area contributed by atoms with Gasteiger partial charge in [0.1, 0.15) is 0 Å². The molecule has 1 saturated heterocycles. The first-order valence-electron chi connectivity index (χ1n) is 4.50. The molecule has 12 heavy (non-hydrogen) atoms. The highest BCUT2D eigenvalue weighted by molar-refractivity contribution is 8.00. The van der Waals surface area contributed by atoms with E-state index in [4.69, 9.17) is 0 Å². The van der Waals surface area contributed by atoms with Crippen LogP contribution in [0.25, 0.3) is 0 Å². The highest BCUT2D eigenvalue weighted by atomic mass is 32.2. The fourth-order valence-electron chi connectivity index (χ4n) is 1.64. The predicted octanol–water partition coefficient (Wildman–Crippen LogP) is 1.86. The van der Waals surface area contributed by atoms with Crippen molar-refractivity contribution in [2.75, 3.05) is 5.75 Å². The lowest BCUT2D eigenvalue weighted by atomic mass is 9.93. The SMILES string of the molecule is CC(=O)NC1SCCC1C(C)C. The van der Waals surface area contributed by atoms with Crippen molar-refractivity contribution >= 4 is 17.7 Å². The molecule has 1 aliphatic rings. The van der Waals surface area contributed by atoms with Crippen LogP contribution in [0.15, 0.2) is 0 Å². The van der Waals surface area contributed by atoms with E-state index < -0.39 is 0 Å². The maximum Gasteiger partial charge on any atom is 0.217 e. The number of amides is 1. The summed E-state index contributed by atoms with van der Waals surface area (Å²) in [5, 5.41) is 3.36. The molecule has 0 aromatic heterocycles. The Balaban J connectivity index is 2.46. The van der Waals surface area contributed by atoms with E-state index in [1.54, 1.807) is 6.92 Å². The molecule has 2 nitrogen and oxygen atoms in total. The fraction of sp³-hybridized carbons (Fsp3) is 0.889. The topological polar surface area (TPSA) is 29.1 Å². The fourth-order valence-corrected chi connectivity index (χ4v) is 3.25. The Bertz CT molecular complexity index is 170. The molecular weight excluding hydrogens is 170 g/mol. The normalized spacial score (nSPS) is 29.3. The van der Waals surface area contributed by atoms with Crippen LogP contribution < -0.4 is 5.32 Å². The summed E-state index contributed by atoms with van der Waals surface area (Å²) in [5.41, 5.74) is 0. The summed E-state index contributed by atoms with van der Waals surface area (Å²) < 4.78 is 0. The predicted molar refractivity (Wildman–Crippen MR) is 53.0 cm³/mol. The Labute approximate surface area is 78.5 Å². The summed E-state index contributed by atoms with van der Waals surface area (Å²) in [6.45, 7) is 6.05. The standard InChI is InChI=1S/C9H17NOS/c1-6(2)8-4-5-12-9(8)10-7(3)11/h6,8-9H,4-5H2,1-3H3,(H,10,11). The van der Waals surface area contributed by atoms with Gasteiger partial charge in [0.25, 0.3) is 0 Å². The Hall–Kier alpha value is -0.180. The van der Waals surface area contributed by atoms with E-state index in [-0.39, 0.29) is 5.91 Å². The molecule has 1 fully saturated rings. The minimum absolute atomic E-state index is 0.0973. The molecule has 0 aromatic rings. The Morgan fingerprint density at radius 1 is 1.58 bits per heavy atom. The van der Waals surface area contributed by atoms with E-state index in [9.17, 15) is 4.79 Å². The zero-order valence-electron chi connectivity index (χ0n) is 7.96. The second-order valence-corrected chi connectivity index (χ2v) is 4.94. The van der Waals surface area contributed by atoms with Crippen molar-refractivity contribution in [3.63, 3.8) is 0 Å². The Morgan fingerprint density at radius 3 is 2.75 bits per heavy atom. The summed E-state index contributed by atoms with van der Waals surface area (Å²) >= 11 is 1.88. The van der Waals surface area contributed by atoms with Crippen molar-refractivity contribution in [3.8, 4) is 0 Å². The van der Waals surface area contributed by atoms with E-state index in [1.807, 2.05) is 11.8 Å². The number of hydrogen-bond acceptors (Lipinski definition) is 2. The van der Waals surface area contributed by atoms with E-state index in [1.165, 1.54) is 12.2 Å². The lowest BCUT2D eigenvalue weighted by Gasteiger charge is -2.22. The average Bonchev–Trinajstić information content (AvgIpc) is 2.33. The largest absolute Gasteiger partial charge is 0.344 e. The molecule has 1 N–H and O–H groups in total. The molecule has 1 amide bonds. The van der Waals surface area contributed by atoms with Crippen molar-refractivity contribution in [2.24, 2.45) is 11.8 Å². The number of carbonyl (C=O) groups is 1. The second kappa shape index (κ2) is 4.17. The summed E-state index contributed by atoms with van der Waals surface area (Å²) in [4.78, 5) is 10.8. The van der Waals surface area contributed by atoms with Gasteiger partial charge in [-0.1, -0.05) is 13.8 Å². The number of nitrogens with one attached hydrogen (secondary N) is 1. The summed E-state index contributed by atoms with van der Waals surface area (Å²) in [5.74, 6) is 2.63. The van der Waals surface area contributed by atoms with Gasteiger partial charge in [-0.15, -0.1) is 11.8 Å². The van der Waals surface area contributed by atoms with E-state index in [2.05, 4.69) is 19.2 Å². The summed E-state index contributed by atoms with van der Waals surface area (Å²) in [6, 6.07) is 0. The average molecular weight is 187 g/mol. The van der Waals surface area contributed by atoms with Crippen LogP contribution >= 0.6 is 11.8 Å². The first kappa shape index (κ1) is 9.90. The van der Waals surface area contributed by atoms with Gasteiger partial charge < -0.3 is 5.32 Å². The van der Waals surface area contributed by atoms with Crippen LogP contribution in [-0.4, -0.2) is 17.0 Å². The maximum absolute atomic E-state index is 10.8. The van der Waals surface area contributed by atoms with Crippen LogP contribution in [0.4, 0.5) is 0 Å². The zero-order valence-corrected chi connectivity index (χ0v) is 8.78. The smallest absolute Gasteiger partial charge is 0.217 e. The second-order valence-electron chi connectivity index (χ2n) is 3.69. The van der Waals surface area contributed by atoms with Gasteiger partial charge in [0.05, 0.1) is 5.37 Å². The van der Waals surface area contributed by atoms with Crippen molar-refractivity contribution < 1.29 is 4.79 Å². The van der Waals surface area contributed by atoms with Crippen LogP contribution in [0.2, 0.25) is 0 Å². The summed E-state index contributed by atoms with van der Waals surface area (Å²) in [7, 11) is 0. The third-order valence-corrected chi connectivity index (χ3v) is 3.64. The number of rotatable bonds is 2. The van der Waals surface area contributed by atoms with Crippen LogP contribution in [0.3, 0.4) is 0 Å². The van der Waals surface area contributed by atoms with Gasteiger partial charge in [0.15, 0.2) is 0 Å². The Morgan fingerprint density at radius 2 is 2.25 bits per heavy atom. The van der Waals surface area contributed by atoms with Crippen LogP contribution in [0.5, 0.6) is 0 Å². The first-order valence-corrected chi connectivity index (χ1v) is 5.55. The van der Waals surface area contributed by atoms with Crippen molar-refractivity contribution in [1.29, 1.82) is 0 Å². The molecule has 3 heteroatoms. The molecule has 0 radical (unpaired) electrons. The van der Waals surface area contributed by atoms with Gasteiger partial charge in [0.2, 0.25) is 5.91 Å². The van der Waals surface area contributed by atoms with Crippen molar-refractivity contribution in [3.05, 3.63) is 0 Å². The lowest BCUT2D eigenvalue weighted by Crippen LogP contribution is -2.35. The van der Waals surface area contributed by atoms with Gasteiger partial charge in [-0.3, -0.25) is 4.79 Å². The molecule has 1 rings (SSSR count). The van der Waals surface area contributed by atoms with Gasteiger partial charge >= 0.3 is 0 Å². The molecule has 0 aliphatic carbocycles. The minimum atomic E-state index is 0.0973. The molecule has 0 bridgehead atoms. The highest BCUT2D eigenvalue weighted by Crippen LogP contribution is 2.35. The molecular formula is C9H17NOS. The third-order valence-electron chi connectivity index (χ3n) is 2.34. The molecule has 1 aliphatic heterocycles. The molecule has 1 heterocycles. The number of hydrogen-bond donors (Lipinski definition) is 1. The maximum atomic E-state index is 10.8. The van der Waals surface area contributed by atoms with E-state index >= 15 is 0 Å². The van der Waals surface area contributed by atoms with Crippen molar-refractivity contribution in [2.45, 2.75) is 32.6 Å². The van der Waals surface area contributed by atoms with E-state index in [0.717, 1.165) is 0 Å². The molecule has 2 atom stereocenters. The molecule has 2 unspecified atom stereocenters. The molecule has 0 saturated carbocycles. The minimum Gasteiger partial charge on any atom is -0.344 e. The quantitative estimate of drug-likeness (QED) is 0.715. The zero-order chi connectivity index (χ0) is 9.14. The van der Waals surface area contributed by atoms with Crippen LogP contribution in [0.1, 0.15) is 27.2 Å². The number of carbonyl (C=O) groups excluding carboxylic acids is 1. The highest BCUT2D eigenvalue weighted by Gasteiger charge is 2.30. The Kier molecular flexibility index (Phi) is 3.44. The lowest BCUT2D eigenvalue weighted by molar-refractivity contribution is -0.119. The number of thioether (sulfide) groups is 1. The monoisotopic (exact) mass is 187 g/mol. The first-order chi connectivity index (χ1) is 5.61. The van der Waals surface area contributed by atoms with Gasteiger partial charge in [-0.2, -0.15) is 0 Å².